The monoisotopic (exact) mass is 168 g/mol. The molecule has 1 aromatic rings. The van der Waals surface area contributed by atoms with E-state index in [1.807, 2.05) is 0 Å². The van der Waals surface area contributed by atoms with E-state index in [1.165, 1.54) is 6.07 Å². The average molecular weight is 168 g/mol. The summed E-state index contributed by atoms with van der Waals surface area (Å²) in [6, 6.07) is 1.41. The van der Waals surface area contributed by atoms with Crippen LogP contribution in [0.15, 0.2) is 10.9 Å². The Morgan fingerprint density at radius 3 is 3.08 bits per heavy atom. The third kappa shape index (κ3) is 2.35. The number of aryl methyl sites for hydroxylation is 1. The second-order valence-corrected chi connectivity index (χ2v) is 2.43. The fourth-order valence-electron chi connectivity index (χ4n) is 0.870. The topological polar surface area (TPSA) is 83.8 Å². The Hall–Kier alpha value is -1.36. The highest BCUT2D eigenvalue weighted by atomic mass is 16.1. The number of aromatic amines is 1. The third-order valence-electron chi connectivity index (χ3n) is 1.31. The van der Waals surface area contributed by atoms with Crippen LogP contribution in [0.5, 0.6) is 0 Å². The van der Waals surface area contributed by atoms with Gasteiger partial charge in [-0.15, -0.1) is 0 Å². The van der Waals surface area contributed by atoms with Crippen molar-refractivity contribution >= 4 is 5.82 Å². The normalized spacial score (nSPS) is 9.83. The fraction of sp³-hybridized carbons (Fsp3) is 0.429. The molecule has 0 aromatic carbocycles. The van der Waals surface area contributed by atoms with Crippen LogP contribution in [0.3, 0.4) is 0 Å². The molecule has 0 amide bonds. The number of nitrogens with zero attached hydrogens (tertiary/aromatic N) is 1. The van der Waals surface area contributed by atoms with Crippen LogP contribution in [0.25, 0.3) is 0 Å². The van der Waals surface area contributed by atoms with Gasteiger partial charge < -0.3 is 16.0 Å². The molecule has 66 valence electrons. The minimum Gasteiger partial charge on any atom is -0.369 e. The minimum atomic E-state index is -0.151. The molecule has 4 N–H and O–H groups in total. The summed E-state index contributed by atoms with van der Waals surface area (Å²) >= 11 is 0. The number of nitrogens with two attached hydrogens (primary N) is 1. The Balaban J connectivity index is 2.79. The molecule has 0 fully saturated rings. The van der Waals surface area contributed by atoms with Gasteiger partial charge in [-0.25, -0.2) is 4.98 Å². The Morgan fingerprint density at radius 1 is 1.75 bits per heavy atom. The molecule has 0 unspecified atom stereocenters. The van der Waals surface area contributed by atoms with Crippen molar-refractivity contribution in [3.63, 3.8) is 0 Å². The first kappa shape index (κ1) is 8.73. The number of anilines is 1. The number of hydrogen-bond donors (Lipinski definition) is 3. The first-order valence-corrected chi connectivity index (χ1v) is 3.74. The second kappa shape index (κ2) is 3.87. The summed E-state index contributed by atoms with van der Waals surface area (Å²) in [5, 5.41) is 2.92. The van der Waals surface area contributed by atoms with E-state index in [1.54, 1.807) is 6.92 Å². The quantitative estimate of drug-likeness (QED) is 0.565. The van der Waals surface area contributed by atoms with Crippen LogP contribution in [0, 0.1) is 6.92 Å². The lowest BCUT2D eigenvalue weighted by Gasteiger charge is -2.02. The maximum Gasteiger partial charge on any atom is 0.252 e. The van der Waals surface area contributed by atoms with Gasteiger partial charge in [-0.3, -0.25) is 4.79 Å². The molecule has 1 aromatic heterocycles. The number of nitrogens with one attached hydrogen (secondary N) is 2. The third-order valence-corrected chi connectivity index (χ3v) is 1.31. The molecule has 0 radical (unpaired) electrons. The predicted molar refractivity (Wildman–Crippen MR) is 47.1 cm³/mol. The molecule has 0 aliphatic carbocycles. The van der Waals surface area contributed by atoms with Crippen molar-refractivity contribution in [3.8, 4) is 0 Å². The lowest BCUT2D eigenvalue weighted by atomic mass is 10.5. The largest absolute Gasteiger partial charge is 0.369 e. The van der Waals surface area contributed by atoms with Crippen LogP contribution in [-0.4, -0.2) is 23.1 Å². The van der Waals surface area contributed by atoms with Gasteiger partial charge in [0.25, 0.3) is 5.56 Å². The molecule has 0 bridgehead atoms. The molecular weight excluding hydrogens is 156 g/mol. The minimum absolute atomic E-state index is 0.151. The summed E-state index contributed by atoms with van der Waals surface area (Å²) in [6.45, 7) is 2.87. The zero-order valence-corrected chi connectivity index (χ0v) is 6.92. The second-order valence-electron chi connectivity index (χ2n) is 2.43. The van der Waals surface area contributed by atoms with E-state index >= 15 is 0 Å². The van der Waals surface area contributed by atoms with E-state index in [-0.39, 0.29) is 5.56 Å². The zero-order valence-electron chi connectivity index (χ0n) is 6.92. The lowest BCUT2D eigenvalue weighted by Crippen LogP contribution is -2.17. The van der Waals surface area contributed by atoms with Crippen LogP contribution in [0.4, 0.5) is 5.82 Å². The summed E-state index contributed by atoms with van der Waals surface area (Å²) < 4.78 is 0. The molecule has 12 heavy (non-hydrogen) atoms. The number of aromatic nitrogens is 2. The number of hydrogen-bond acceptors (Lipinski definition) is 4. The van der Waals surface area contributed by atoms with Crippen molar-refractivity contribution in [2.24, 2.45) is 5.73 Å². The van der Waals surface area contributed by atoms with Gasteiger partial charge in [0.05, 0.1) is 0 Å². The van der Waals surface area contributed by atoms with Gasteiger partial charge in [0.2, 0.25) is 0 Å². The van der Waals surface area contributed by atoms with Gasteiger partial charge in [0, 0.05) is 19.2 Å². The molecule has 0 aliphatic heterocycles. The summed E-state index contributed by atoms with van der Waals surface area (Å²) in [5.74, 6) is 1.17. The lowest BCUT2D eigenvalue weighted by molar-refractivity contribution is 0.973. The van der Waals surface area contributed by atoms with Crippen molar-refractivity contribution in [2.45, 2.75) is 6.92 Å². The maximum absolute atomic E-state index is 10.9. The summed E-state index contributed by atoms with van der Waals surface area (Å²) in [7, 11) is 0. The Bertz CT molecular complexity index is 307. The van der Waals surface area contributed by atoms with Gasteiger partial charge in [-0.2, -0.15) is 0 Å². The van der Waals surface area contributed by atoms with E-state index in [0.717, 1.165) is 0 Å². The van der Waals surface area contributed by atoms with Gasteiger partial charge in [-0.1, -0.05) is 0 Å². The first-order chi connectivity index (χ1) is 5.72. The van der Waals surface area contributed by atoms with E-state index in [4.69, 9.17) is 5.73 Å². The van der Waals surface area contributed by atoms with E-state index in [9.17, 15) is 4.79 Å². The average Bonchev–Trinajstić information content (AvgIpc) is 1.99. The standard InChI is InChI=1S/C7H12N4O/c1-5-10-6(9-3-2-8)4-7(12)11-5/h4H,2-3,8H2,1H3,(H2,9,10,11,12). The van der Waals surface area contributed by atoms with Gasteiger partial charge in [0.1, 0.15) is 11.6 Å². The molecule has 0 atom stereocenters. The van der Waals surface area contributed by atoms with Crippen molar-refractivity contribution in [1.82, 2.24) is 9.97 Å². The molecule has 5 nitrogen and oxygen atoms in total. The maximum atomic E-state index is 10.9. The molecular formula is C7H12N4O. The predicted octanol–water partition coefficient (Wildman–Crippen LogP) is -0.551. The van der Waals surface area contributed by atoms with E-state index < -0.39 is 0 Å². The zero-order chi connectivity index (χ0) is 8.97. The van der Waals surface area contributed by atoms with Crippen LogP contribution < -0.4 is 16.6 Å². The SMILES string of the molecule is Cc1nc(NCCN)cc(=O)[nH]1. The van der Waals surface area contributed by atoms with Crippen LogP contribution in [0.2, 0.25) is 0 Å². The van der Waals surface area contributed by atoms with Gasteiger partial charge in [0.15, 0.2) is 0 Å². The molecule has 0 saturated heterocycles. The van der Waals surface area contributed by atoms with E-state index in [2.05, 4.69) is 15.3 Å². The highest BCUT2D eigenvalue weighted by Gasteiger charge is 1.94. The molecule has 0 saturated carbocycles. The fourth-order valence-corrected chi connectivity index (χ4v) is 0.870. The van der Waals surface area contributed by atoms with Crippen LogP contribution >= 0.6 is 0 Å². The number of H-pyrrole nitrogens is 1. The Labute approximate surface area is 70.0 Å². The van der Waals surface area contributed by atoms with Crippen molar-refractivity contribution in [3.05, 3.63) is 22.2 Å². The van der Waals surface area contributed by atoms with Crippen molar-refractivity contribution < 1.29 is 0 Å². The molecule has 0 spiro atoms. The van der Waals surface area contributed by atoms with Crippen LogP contribution in [-0.2, 0) is 0 Å². The summed E-state index contributed by atoms with van der Waals surface area (Å²) in [4.78, 5) is 17.5. The van der Waals surface area contributed by atoms with Crippen molar-refractivity contribution in [2.75, 3.05) is 18.4 Å². The molecule has 0 aliphatic rings. The molecule has 1 heterocycles. The summed E-state index contributed by atoms with van der Waals surface area (Å²) in [5.41, 5.74) is 5.13. The smallest absolute Gasteiger partial charge is 0.252 e. The van der Waals surface area contributed by atoms with Crippen LogP contribution in [0.1, 0.15) is 5.82 Å². The summed E-state index contributed by atoms with van der Waals surface area (Å²) in [6.07, 6.45) is 0. The molecule has 5 heteroatoms. The first-order valence-electron chi connectivity index (χ1n) is 3.74. The van der Waals surface area contributed by atoms with E-state index in [0.29, 0.717) is 24.7 Å². The Kier molecular flexibility index (Phi) is 2.82. The molecule has 1 rings (SSSR count). The number of rotatable bonds is 3. The Morgan fingerprint density at radius 2 is 2.50 bits per heavy atom. The van der Waals surface area contributed by atoms with Crippen molar-refractivity contribution in [1.29, 1.82) is 0 Å². The highest BCUT2D eigenvalue weighted by molar-refractivity contribution is 5.32. The highest BCUT2D eigenvalue weighted by Crippen LogP contribution is 1.95. The van der Waals surface area contributed by atoms with Gasteiger partial charge in [-0.05, 0) is 6.92 Å². The van der Waals surface area contributed by atoms with Gasteiger partial charge >= 0.3 is 0 Å².